The highest BCUT2D eigenvalue weighted by Crippen LogP contribution is 2.37. The van der Waals surface area contributed by atoms with Crippen LogP contribution in [-0.2, 0) is 4.74 Å². The Morgan fingerprint density at radius 1 is 1.12 bits per heavy atom. The maximum Gasteiger partial charge on any atom is 0.269 e. The number of nitrogens with one attached hydrogen (secondary N) is 1. The molecule has 0 saturated carbocycles. The van der Waals surface area contributed by atoms with Crippen LogP contribution in [0.3, 0.4) is 0 Å². The van der Waals surface area contributed by atoms with Gasteiger partial charge in [0, 0.05) is 50.0 Å². The lowest BCUT2D eigenvalue weighted by Crippen LogP contribution is -2.47. The predicted octanol–water partition coefficient (Wildman–Crippen LogP) is 4.74. The molecular weight excluding hydrogens is 510 g/mol. The van der Waals surface area contributed by atoms with Crippen molar-refractivity contribution in [1.82, 2.24) is 20.4 Å². The fourth-order valence-corrected chi connectivity index (χ4v) is 5.06. The second-order valence-electron chi connectivity index (χ2n) is 9.78. The van der Waals surface area contributed by atoms with Crippen LogP contribution in [0, 0.1) is 11.3 Å². The van der Waals surface area contributed by atoms with Gasteiger partial charge in [0.15, 0.2) is 11.3 Å². The molecule has 2 aliphatic heterocycles. The van der Waals surface area contributed by atoms with Crippen LogP contribution in [-0.4, -0.2) is 60.4 Å². The van der Waals surface area contributed by atoms with Gasteiger partial charge in [0.2, 0.25) is 0 Å². The number of methoxy groups -OCH3 is 1. The molecule has 10 nitrogen and oxygen atoms in total. The summed E-state index contributed by atoms with van der Waals surface area (Å²) in [6.45, 7) is 2.74. The average Bonchev–Trinajstić information content (AvgIpc) is 3.46. The Hall–Kier alpha value is -4.46. The third-order valence-corrected chi connectivity index (χ3v) is 7.19. The van der Waals surface area contributed by atoms with Crippen LogP contribution in [0.1, 0.15) is 41.6 Å². The maximum absolute atomic E-state index is 12.9. The molecule has 1 N–H and O–H groups in total. The second kappa shape index (κ2) is 11.3. The number of hydrazine groups is 1. The van der Waals surface area contributed by atoms with E-state index < -0.39 is 0 Å². The summed E-state index contributed by atoms with van der Waals surface area (Å²) < 4.78 is 23.4. The molecule has 0 bridgehead atoms. The lowest BCUT2D eigenvalue weighted by atomic mass is 10.0. The Balaban J connectivity index is 1.31. The number of nitriles is 1. The number of rotatable bonds is 6. The average molecular weight is 540 g/mol. The molecule has 10 heteroatoms. The van der Waals surface area contributed by atoms with Gasteiger partial charge in [-0.1, -0.05) is 6.07 Å². The minimum Gasteiger partial charge on any atom is -0.494 e. The Bertz CT molecular complexity index is 1580. The van der Waals surface area contributed by atoms with Crippen molar-refractivity contribution in [2.75, 3.05) is 33.4 Å². The summed E-state index contributed by atoms with van der Waals surface area (Å²) in [6, 6.07) is 13.1. The van der Waals surface area contributed by atoms with Gasteiger partial charge in [0.25, 0.3) is 5.91 Å². The SMILES string of the molecule is COc1cc(C(=O)N2CCCCN2)cnc1-c1cc2nccc(-c3ccc(OC4CCOCC4)c(C#N)c3)c2o1. The molecule has 3 aromatic heterocycles. The van der Waals surface area contributed by atoms with E-state index in [2.05, 4.69) is 21.5 Å². The molecule has 0 spiro atoms. The van der Waals surface area contributed by atoms with Crippen LogP contribution in [0.4, 0.5) is 0 Å². The van der Waals surface area contributed by atoms with Gasteiger partial charge in [0.1, 0.15) is 34.9 Å². The van der Waals surface area contributed by atoms with E-state index in [0.717, 1.165) is 43.4 Å². The molecule has 2 aliphatic rings. The van der Waals surface area contributed by atoms with Gasteiger partial charge in [-0.15, -0.1) is 0 Å². The molecule has 1 amide bonds. The van der Waals surface area contributed by atoms with Crippen LogP contribution in [0.15, 0.2) is 53.2 Å². The first-order valence-electron chi connectivity index (χ1n) is 13.4. The van der Waals surface area contributed by atoms with E-state index in [-0.39, 0.29) is 12.0 Å². The van der Waals surface area contributed by atoms with Crippen molar-refractivity contribution in [1.29, 1.82) is 5.26 Å². The van der Waals surface area contributed by atoms with Gasteiger partial charge in [-0.2, -0.15) is 5.26 Å². The number of nitrogens with zero attached hydrogens (tertiary/aromatic N) is 4. The van der Waals surface area contributed by atoms with Crippen LogP contribution in [0.5, 0.6) is 11.5 Å². The van der Waals surface area contributed by atoms with Gasteiger partial charge in [-0.3, -0.25) is 14.8 Å². The molecule has 5 heterocycles. The number of fused-ring (bicyclic) bond motifs is 1. The minimum absolute atomic E-state index is 0.0345. The topological polar surface area (TPSA) is 123 Å². The minimum atomic E-state index is -0.150. The van der Waals surface area contributed by atoms with Crippen LogP contribution >= 0.6 is 0 Å². The number of benzene rings is 1. The lowest BCUT2D eigenvalue weighted by molar-refractivity contribution is 0.0254. The number of amides is 1. The van der Waals surface area contributed by atoms with Crippen molar-refractivity contribution < 1.29 is 23.4 Å². The molecule has 1 aromatic carbocycles. The summed E-state index contributed by atoms with van der Waals surface area (Å²) in [7, 11) is 1.54. The van der Waals surface area contributed by atoms with E-state index in [4.69, 9.17) is 18.6 Å². The Morgan fingerprint density at radius 2 is 2.00 bits per heavy atom. The number of furan rings is 1. The maximum atomic E-state index is 12.9. The number of hydrogen-bond donors (Lipinski definition) is 1. The van der Waals surface area contributed by atoms with E-state index in [9.17, 15) is 10.1 Å². The van der Waals surface area contributed by atoms with E-state index >= 15 is 0 Å². The second-order valence-corrected chi connectivity index (χ2v) is 9.78. The molecule has 0 radical (unpaired) electrons. The highest BCUT2D eigenvalue weighted by Gasteiger charge is 2.23. The first kappa shape index (κ1) is 25.8. The van der Waals surface area contributed by atoms with Crippen LogP contribution < -0.4 is 14.9 Å². The van der Waals surface area contributed by atoms with Gasteiger partial charge in [0.05, 0.1) is 31.5 Å². The van der Waals surface area contributed by atoms with Gasteiger partial charge in [-0.25, -0.2) is 10.4 Å². The van der Waals surface area contributed by atoms with Crippen LogP contribution in [0.2, 0.25) is 0 Å². The monoisotopic (exact) mass is 539 g/mol. The molecular formula is C30H29N5O5. The molecule has 2 fully saturated rings. The Kier molecular flexibility index (Phi) is 7.31. The number of hydrogen-bond acceptors (Lipinski definition) is 9. The quantitative estimate of drug-likeness (QED) is 0.370. The van der Waals surface area contributed by atoms with Crippen molar-refractivity contribution in [2.24, 2.45) is 0 Å². The molecule has 40 heavy (non-hydrogen) atoms. The first-order chi connectivity index (χ1) is 19.6. The summed E-state index contributed by atoms with van der Waals surface area (Å²) >= 11 is 0. The highest BCUT2D eigenvalue weighted by atomic mass is 16.5. The summed E-state index contributed by atoms with van der Waals surface area (Å²) in [4.78, 5) is 22.0. The van der Waals surface area contributed by atoms with Gasteiger partial charge < -0.3 is 18.6 Å². The van der Waals surface area contributed by atoms with E-state index in [1.165, 1.54) is 13.3 Å². The molecule has 204 valence electrons. The summed E-state index contributed by atoms with van der Waals surface area (Å²) in [5, 5.41) is 11.5. The van der Waals surface area contributed by atoms with Gasteiger partial charge in [-0.05, 0) is 42.7 Å². The molecule has 6 rings (SSSR count). The smallest absolute Gasteiger partial charge is 0.269 e. The summed E-state index contributed by atoms with van der Waals surface area (Å²) in [6.07, 6.45) is 6.87. The van der Waals surface area contributed by atoms with Crippen molar-refractivity contribution in [3.8, 4) is 40.1 Å². The number of ether oxygens (including phenoxy) is 3. The fourth-order valence-electron chi connectivity index (χ4n) is 5.06. The molecule has 0 aliphatic carbocycles. The van der Waals surface area contributed by atoms with Crippen molar-refractivity contribution >= 4 is 17.0 Å². The normalized spacial score (nSPS) is 16.1. The predicted molar refractivity (Wildman–Crippen MR) is 147 cm³/mol. The zero-order valence-electron chi connectivity index (χ0n) is 22.2. The molecule has 4 aromatic rings. The van der Waals surface area contributed by atoms with Crippen molar-refractivity contribution in [2.45, 2.75) is 31.8 Å². The third kappa shape index (κ3) is 5.09. The molecule has 0 unspecified atom stereocenters. The Morgan fingerprint density at radius 3 is 2.77 bits per heavy atom. The first-order valence-corrected chi connectivity index (χ1v) is 13.4. The Labute approximate surface area is 231 Å². The summed E-state index contributed by atoms with van der Waals surface area (Å²) in [5.41, 5.74) is 7.25. The molecule has 2 saturated heterocycles. The van der Waals surface area contributed by atoms with E-state index in [1.807, 2.05) is 18.2 Å². The van der Waals surface area contributed by atoms with Crippen LogP contribution in [0.25, 0.3) is 33.7 Å². The van der Waals surface area contributed by atoms with Crippen molar-refractivity contribution in [3.05, 3.63) is 59.9 Å². The number of pyridine rings is 2. The number of carbonyl (C=O) groups is 1. The fraction of sp³-hybridized carbons (Fsp3) is 0.333. The third-order valence-electron chi connectivity index (χ3n) is 7.19. The number of aromatic nitrogens is 2. The van der Waals surface area contributed by atoms with E-state index in [1.54, 1.807) is 29.4 Å². The summed E-state index contributed by atoms with van der Waals surface area (Å²) in [5.74, 6) is 1.29. The van der Waals surface area contributed by atoms with Gasteiger partial charge >= 0.3 is 0 Å². The largest absolute Gasteiger partial charge is 0.494 e. The standard InChI is InChI=1S/C30H29N5O5/c1-37-26-15-21(30(36)35-11-3-2-9-34-35)18-33-28(26)27-16-24-29(40-27)23(6-10-32-24)19-4-5-25(20(14-19)17-31)39-22-7-12-38-13-8-22/h4-6,10,14-16,18,22,34H,2-3,7-9,11-13H2,1H3. The zero-order valence-corrected chi connectivity index (χ0v) is 22.2. The van der Waals surface area contributed by atoms with E-state index in [0.29, 0.717) is 64.9 Å². The lowest BCUT2D eigenvalue weighted by Gasteiger charge is -2.27. The highest BCUT2D eigenvalue weighted by molar-refractivity contribution is 5.95. The zero-order chi connectivity index (χ0) is 27.5. The number of carbonyl (C=O) groups excluding carboxylic acids is 1. The van der Waals surface area contributed by atoms with Crippen molar-refractivity contribution in [3.63, 3.8) is 0 Å². The molecule has 0 atom stereocenters.